The van der Waals surface area contributed by atoms with E-state index in [4.69, 9.17) is 4.18 Å². The van der Waals surface area contributed by atoms with Crippen LogP contribution in [0.3, 0.4) is 0 Å². The van der Waals surface area contributed by atoms with Crippen LogP contribution < -0.4 is 0 Å². The van der Waals surface area contributed by atoms with Crippen molar-refractivity contribution < 1.29 is 12.6 Å². The van der Waals surface area contributed by atoms with Crippen LogP contribution in [0.15, 0.2) is 29.2 Å². The van der Waals surface area contributed by atoms with E-state index in [9.17, 15) is 8.42 Å². The van der Waals surface area contributed by atoms with Gasteiger partial charge in [-0.3, -0.25) is 4.18 Å². The minimum absolute atomic E-state index is 0.252. The van der Waals surface area contributed by atoms with E-state index in [0.29, 0.717) is 0 Å². The molecule has 0 unspecified atom stereocenters. The summed E-state index contributed by atoms with van der Waals surface area (Å²) in [4.78, 5) is 0.252. The first-order valence-corrected chi connectivity index (χ1v) is 15.2. The molecule has 31 heavy (non-hydrogen) atoms. The molecule has 0 saturated carbocycles. The Labute approximate surface area is 206 Å². The molecule has 5 heteroatoms. The standard InChI is InChI=1S/C26H45IO3S/c1-2-3-4-5-6-7-8-9-10-11-12-13-14-15-16-17-18-19-23-30-31(28,29)26-22-20-21-25(27)24-26/h20-22,24H,2-19,23H2,1H3. The van der Waals surface area contributed by atoms with Gasteiger partial charge in [-0.1, -0.05) is 122 Å². The smallest absolute Gasteiger partial charge is 0.266 e. The predicted octanol–water partition coefficient (Wildman–Crippen LogP) is 9.04. The maximum Gasteiger partial charge on any atom is 0.297 e. The van der Waals surface area contributed by atoms with Gasteiger partial charge in [0, 0.05) is 3.57 Å². The largest absolute Gasteiger partial charge is 0.297 e. The van der Waals surface area contributed by atoms with Gasteiger partial charge in [0.15, 0.2) is 0 Å². The van der Waals surface area contributed by atoms with Crippen LogP contribution in [0.1, 0.15) is 122 Å². The third-order valence-electron chi connectivity index (χ3n) is 5.82. The summed E-state index contributed by atoms with van der Waals surface area (Å²) in [6, 6.07) is 6.85. The summed E-state index contributed by atoms with van der Waals surface area (Å²) >= 11 is 2.11. The second-order valence-corrected chi connectivity index (χ2v) is 11.6. The van der Waals surface area contributed by atoms with Crippen molar-refractivity contribution >= 4 is 32.7 Å². The Morgan fingerprint density at radius 2 is 1.10 bits per heavy atom. The predicted molar refractivity (Wildman–Crippen MR) is 141 cm³/mol. The third kappa shape index (κ3) is 16.2. The second kappa shape index (κ2) is 19.3. The quantitative estimate of drug-likeness (QED) is 0.0850. The lowest BCUT2D eigenvalue weighted by Crippen LogP contribution is -2.07. The third-order valence-corrected chi connectivity index (χ3v) is 7.80. The number of hydrogen-bond acceptors (Lipinski definition) is 3. The summed E-state index contributed by atoms with van der Waals surface area (Å²) in [6.45, 7) is 2.56. The van der Waals surface area contributed by atoms with Crippen molar-refractivity contribution in [1.29, 1.82) is 0 Å². The SMILES string of the molecule is CCCCCCCCCCCCCCCCCCCCOS(=O)(=O)c1cccc(I)c1. The summed E-state index contributed by atoms with van der Waals surface area (Å²) in [6.07, 6.45) is 23.9. The van der Waals surface area contributed by atoms with Crippen LogP contribution in [0.25, 0.3) is 0 Å². The molecule has 0 aliphatic carbocycles. The Balaban J connectivity index is 1.83. The van der Waals surface area contributed by atoms with Gasteiger partial charge in [0.2, 0.25) is 0 Å². The van der Waals surface area contributed by atoms with Gasteiger partial charge in [0.05, 0.1) is 11.5 Å². The van der Waals surface area contributed by atoms with Crippen molar-refractivity contribution in [1.82, 2.24) is 0 Å². The highest BCUT2D eigenvalue weighted by molar-refractivity contribution is 14.1. The molecule has 0 spiro atoms. The topological polar surface area (TPSA) is 43.4 Å². The Morgan fingerprint density at radius 3 is 1.52 bits per heavy atom. The first kappa shape index (κ1) is 28.9. The zero-order valence-corrected chi connectivity index (χ0v) is 22.7. The van der Waals surface area contributed by atoms with E-state index in [1.165, 1.54) is 103 Å². The molecule has 0 aliphatic rings. The van der Waals surface area contributed by atoms with E-state index in [-0.39, 0.29) is 11.5 Å². The lowest BCUT2D eigenvalue weighted by molar-refractivity contribution is 0.306. The van der Waals surface area contributed by atoms with E-state index in [1.54, 1.807) is 18.2 Å². The molecule has 1 rings (SSSR count). The average molecular weight is 565 g/mol. The van der Waals surface area contributed by atoms with Crippen molar-refractivity contribution in [3.63, 3.8) is 0 Å². The summed E-state index contributed by atoms with van der Waals surface area (Å²) < 4.78 is 30.3. The number of unbranched alkanes of at least 4 members (excludes halogenated alkanes) is 17. The highest BCUT2D eigenvalue weighted by Crippen LogP contribution is 2.17. The summed E-state index contributed by atoms with van der Waals surface area (Å²) in [5.41, 5.74) is 0. The molecular weight excluding hydrogens is 519 g/mol. The Kier molecular flexibility index (Phi) is 18.0. The van der Waals surface area contributed by atoms with Crippen molar-refractivity contribution in [2.45, 2.75) is 127 Å². The Hall–Kier alpha value is -0.140. The first-order chi connectivity index (χ1) is 15.1. The van der Waals surface area contributed by atoms with Crippen molar-refractivity contribution in [3.05, 3.63) is 27.8 Å². The summed E-state index contributed by atoms with van der Waals surface area (Å²) in [5, 5.41) is 0. The second-order valence-electron chi connectivity index (χ2n) is 8.74. The highest BCUT2D eigenvalue weighted by atomic mass is 127. The highest BCUT2D eigenvalue weighted by Gasteiger charge is 2.14. The normalized spacial score (nSPS) is 11.8. The van der Waals surface area contributed by atoms with Crippen LogP contribution in [0.4, 0.5) is 0 Å². The molecule has 0 atom stereocenters. The van der Waals surface area contributed by atoms with Crippen molar-refractivity contribution in [2.24, 2.45) is 0 Å². The molecule has 0 N–H and O–H groups in total. The van der Waals surface area contributed by atoms with Crippen LogP contribution in [0, 0.1) is 3.57 Å². The molecule has 3 nitrogen and oxygen atoms in total. The van der Waals surface area contributed by atoms with Crippen LogP contribution >= 0.6 is 22.6 Å². The molecule has 0 radical (unpaired) electrons. The molecule has 0 aliphatic heterocycles. The Bertz CT molecular complexity index is 646. The van der Waals surface area contributed by atoms with Crippen LogP contribution in [0.5, 0.6) is 0 Å². The van der Waals surface area contributed by atoms with Gasteiger partial charge in [-0.05, 0) is 47.2 Å². The number of rotatable bonds is 21. The fraction of sp³-hybridized carbons (Fsp3) is 0.769. The van der Waals surface area contributed by atoms with Crippen LogP contribution in [0.2, 0.25) is 0 Å². The first-order valence-electron chi connectivity index (χ1n) is 12.7. The molecule has 0 fully saturated rings. The molecule has 1 aromatic carbocycles. The van der Waals surface area contributed by atoms with Crippen molar-refractivity contribution in [2.75, 3.05) is 6.61 Å². The van der Waals surface area contributed by atoms with Crippen LogP contribution in [-0.4, -0.2) is 15.0 Å². The maximum absolute atomic E-state index is 12.1. The lowest BCUT2D eigenvalue weighted by Gasteiger charge is -2.06. The zero-order valence-electron chi connectivity index (χ0n) is 19.8. The van der Waals surface area contributed by atoms with E-state index in [0.717, 1.165) is 16.4 Å². The maximum atomic E-state index is 12.1. The lowest BCUT2D eigenvalue weighted by atomic mass is 10.0. The molecule has 0 bridgehead atoms. The van der Waals surface area contributed by atoms with Gasteiger partial charge in [0.1, 0.15) is 0 Å². The zero-order chi connectivity index (χ0) is 22.6. The van der Waals surface area contributed by atoms with Gasteiger partial charge in [0.25, 0.3) is 10.1 Å². The van der Waals surface area contributed by atoms with Gasteiger partial charge < -0.3 is 0 Å². The van der Waals surface area contributed by atoms with Gasteiger partial charge >= 0.3 is 0 Å². The number of benzene rings is 1. The number of hydrogen-bond donors (Lipinski definition) is 0. The Morgan fingerprint density at radius 1 is 0.677 bits per heavy atom. The van der Waals surface area contributed by atoms with E-state index >= 15 is 0 Å². The monoisotopic (exact) mass is 564 g/mol. The molecule has 0 saturated heterocycles. The summed E-state index contributed by atoms with van der Waals surface area (Å²) in [7, 11) is -3.61. The average Bonchev–Trinajstić information content (AvgIpc) is 2.75. The fourth-order valence-electron chi connectivity index (χ4n) is 3.86. The van der Waals surface area contributed by atoms with Gasteiger partial charge in [-0.25, -0.2) is 0 Å². The minimum atomic E-state index is -3.61. The van der Waals surface area contributed by atoms with E-state index in [2.05, 4.69) is 29.5 Å². The molecule has 0 aromatic heterocycles. The molecule has 180 valence electrons. The van der Waals surface area contributed by atoms with Crippen LogP contribution in [-0.2, 0) is 14.3 Å². The molecule has 1 aromatic rings. The van der Waals surface area contributed by atoms with E-state index in [1.807, 2.05) is 6.07 Å². The van der Waals surface area contributed by atoms with E-state index < -0.39 is 10.1 Å². The molecular formula is C26H45IO3S. The molecule has 0 heterocycles. The van der Waals surface area contributed by atoms with Gasteiger partial charge in [-0.2, -0.15) is 8.42 Å². The fourth-order valence-corrected chi connectivity index (χ4v) is 5.61. The summed E-state index contributed by atoms with van der Waals surface area (Å²) in [5.74, 6) is 0. The van der Waals surface area contributed by atoms with Gasteiger partial charge in [-0.15, -0.1) is 0 Å². The van der Waals surface area contributed by atoms with Crippen molar-refractivity contribution in [3.8, 4) is 0 Å². The number of halogens is 1. The molecule has 0 amide bonds. The minimum Gasteiger partial charge on any atom is -0.266 e.